The molecule has 8 heteroatoms. The Bertz CT molecular complexity index is 1090. The van der Waals surface area contributed by atoms with Gasteiger partial charge in [0.05, 0.1) is 30.4 Å². The Balaban J connectivity index is 1.43. The molecule has 0 radical (unpaired) electrons. The second-order valence-electron chi connectivity index (χ2n) is 6.63. The maximum atomic E-state index is 12.6. The van der Waals surface area contributed by atoms with Gasteiger partial charge in [-0.25, -0.2) is 13.1 Å². The lowest BCUT2D eigenvalue weighted by atomic mass is 10.00. The first-order chi connectivity index (χ1) is 14.0. The van der Waals surface area contributed by atoms with E-state index in [0.717, 1.165) is 11.3 Å². The first-order valence-corrected chi connectivity index (χ1v) is 10.7. The molecule has 4 rings (SSSR count). The van der Waals surface area contributed by atoms with Gasteiger partial charge in [0.1, 0.15) is 11.5 Å². The SMILES string of the molecule is O=C(N[C@@H]1CCOc2ccccc21)c1ccc(S(=O)(=O)NCc2ccco2)cc1. The van der Waals surface area contributed by atoms with Crippen molar-refractivity contribution in [2.75, 3.05) is 6.61 Å². The highest BCUT2D eigenvalue weighted by Gasteiger charge is 2.23. The number of amides is 1. The van der Waals surface area contributed by atoms with E-state index in [1.807, 2.05) is 24.3 Å². The first-order valence-electron chi connectivity index (χ1n) is 9.18. The number of hydrogen-bond donors (Lipinski definition) is 2. The van der Waals surface area contributed by atoms with Crippen molar-refractivity contribution in [1.29, 1.82) is 0 Å². The van der Waals surface area contributed by atoms with Crippen LogP contribution < -0.4 is 14.8 Å². The molecule has 0 fully saturated rings. The smallest absolute Gasteiger partial charge is 0.251 e. The van der Waals surface area contributed by atoms with E-state index in [1.54, 1.807) is 12.1 Å². The van der Waals surface area contributed by atoms with Gasteiger partial charge < -0.3 is 14.5 Å². The fourth-order valence-corrected chi connectivity index (χ4v) is 4.18. The molecule has 7 nitrogen and oxygen atoms in total. The minimum atomic E-state index is -3.70. The van der Waals surface area contributed by atoms with E-state index in [0.29, 0.717) is 24.4 Å². The van der Waals surface area contributed by atoms with Gasteiger partial charge in [0.15, 0.2) is 0 Å². The van der Waals surface area contributed by atoms with Crippen LogP contribution in [0.25, 0.3) is 0 Å². The normalized spacial score (nSPS) is 15.9. The number of hydrogen-bond acceptors (Lipinski definition) is 5. The molecule has 0 spiro atoms. The van der Waals surface area contributed by atoms with Gasteiger partial charge in [-0.15, -0.1) is 0 Å². The van der Waals surface area contributed by atoms with Crippen LogP contribution in [0.1, 0.15) is 34.1 Å². The Kier molecular flexibility index (Phi) is 5.37. The summed E-state index contributed by atoms with van der Waals surface area (Å²) >= 11 is 0. The Hall–Kier alpha value is -3.10. The number of carbonyl (C=O) groups is 1. The summed E-state index contributed by atoms with van der Waals surface area (Å²) in [6.07, 6.45) is 2.15. The van der Waals surface area contributed by atoms with Crippen LogP contribution in [0.5, 0.6) is 5.75 Å². The molecule has 2 heterocycles. The van der Waals surface area contributed by atoms with Gasteiger partial charge in [-0.2, -0.15) is 0 Å². The predicted molar refractivity (Wildman–Crippen MR) is 106 cm³/mol. The van der Waals surface area contributed by atoms with Crippen molar-refractivity contribution >= 4 is 15.9 Å². The fourth-order valence-electron chi connectivity index (χ4n) is 3.18. The van der Waals surface area contributed by atoms with Crippen LogP contribution in [0, 0.1) is 0 Å². The van der Waals surface area contributed by atoms with E-state index in [-0.39, 0.29) is 23.4 Å². The molecule has 0 unspecified atom stereocenters. The van der Waals surface area contributed by atoms with Crippen molar-refractivity contribution in [3.8, 4) is 5.75 Å². The number of carbonyl (C=O) groups excluding carboxylic acids is 1. The van der Waals surface area contributed by atoms with Crippen LogP contribution in [-0.4, -0.2) is 20.9 Å². The number of para-hydroxylation sites is 1. The molecule has 2 N–H and O–H groups in total. The minimum absolute atomic E-state index is 0.0563. The Morgan fingerprint density at radius 1 is 1.03 bits per heavy atom. The average Bonchev–Trinajstić information content (AvgIpc) is 3.26. The summed E-state index contributed by atoms with van der Waals surface area (Å²) in [7, 11) is -3.70. The van der Waals surface area contributed by atoms with Crippen LogP contribution in [0.4, 0.5) is 0 Å². The van der Waals surface area contributed by atoms with Crippen molar-refractivity contribution in [2.45, 2.75) is 23.9 Å². The van der Waals surface area contributed by atoms with Gasteiger partial charge in [0.2, 0.25) is 10.0 Å². The summed E-state index contributed by atoms with van der Waals surface area (Å²) in [6, 6.07) is 16.7. The van der Waals surface area contributed by atoms with Crippen molar-refractivity contribution in [1.82, 2.24) is 10.0 Å². The van der Waals surface area contributed by atoms with Crippen LogP contribution in [-0.2, 0) is 16.6 Å². The van der Waals surface area contributed by atoms with Crippen LogP contribution in [0.3, 0.4) is 0 Å². The number of ether oxygens (including phenoxy) is 1. The lowest BCUT2D eigenvalue weighted by Crippen LogP contribution is -2.32. The molecule has 1 aliphatic rings. The molecule has 0 aliphatic carbocycles. The zero-order valence-corrected chi connectivity index (χ0v) is 16.3. The highest BCUT2D eigenvalue weighted by molar-refractivity contribution is 7.89. The summed E-state index contributed by atoms with van der Waals surface area (Å²) in [5, 5.41) is 3.00. The van der Waals surface area contributed by atoms with Crippen molar-refractivity contribution in [3.05, 3.63) is 83.8 Å². The van der Waals surface area contributed by atoms with Crippen molar-refractivity contribution in [3.63, 3.8) is 0 Å². The van der Waals surface area contributed by atoms with Gasteiger partial charge in [0, 0.05) is 17.5 Å². The molecule has 0 bridgehead atoms. The number of furan rings is 1. The quantitative estimate of drug-likeness (QED) is 0.649. The Labute approximate surface area is 168 Å². The standard InChI is InChI=1S/C21H20N2O5S/c24-21(23-19-11-13-28-20-6-2-1-5-18(19)20)15-7-9-17(10-8-15)29(25,26)22-14-16-4-3-12-27-16/h1-10,12,19,22H,11,13-14H2,(H,23,24)/t19-/m1/s1. The van der Waals surface area contributed by atoms with E-state index in [2.05, 4.69) is 10.0 Å². The van der Waals surface area contributed by atoms with Crippen molar-refractivity contribution in [2.24, 2.45) is 0 Å². The van der Waals surface area contributed by atoms with Crippen LogP contribution >= 0.6 is 0 Å². The second kappa shape index (κ2) is 8.10. The maximum Gasteiger partial charge on any atom is 0.251 e. The third-order valence-electron chi connectivity index (χ3n) is 4.71. The number of benzene rings is 2. The number of fused-ring (bicyclic) bond motifs is 1. The molecule has 2 aromatic carbocycles. The van der Waals surface area contributed by atoms with Crippen molar-refractivity contribution < 1.29 is 22.4 Å². The van der Waals surface area contributed by atoms with E-state index in [1.165, 1.54) is 30.5 Å². The molecule has 1 atom stereocenters. The molecular formula is C21H20N2O5S. The number of sulfonamides is 1. The van der Waals surface area contributed by atoms with E-state index in [9.17, 15) is 13.2 Å². The molecule has 0 saturated carbocycles. The van der Waals surface area contributed by atoms with E-state index in [4.69, 9.17) is 9.15 Å². The largest absolute Gasteiger partial charge is 0.493 e. The Morgan fingerprint density at radius 2 is 1.83 bits per heavy atom. The van der Waals surface area contributed by atoms with Gasteiger partial charge >= 0.3 is 0 Å². The van der Waals surface area contributed by atoms with E-state index >= 15 is 0 Å². The van der Waals surface area contributed by atoms with Crippen LogP contribution in [0.2, 0.25) is 0 Å². The lowest BCUT2D eigenvalue weighted by Gasteiger charge is -2.26. The summed E-state index contributed by atoms with van der Waals surface area (Å²) < 4.78 is 38.0. The molecule has 0 saturated heterocycles. The third-order valence-corrected chi connectivity index (χ3v) is 6.12. The minimum Gasteiger partial charge on any atom is -0.493 e. The highest BCUT2D eigenvalue weighted by atomic mass is 32.2. The highest BCUT2D eigenvalue weighted by Crippen LogP contribution is 2.31. The predicted octanol–water partition coefficient (Wildman–Crippen LogP) is 3.01. The number of rotatable bonds is 6. The molecule has 1 aromatic heterocycles. The summed E-state index contributed by atoms with van der Waals surface area (Å²) in [5.74, 6) is 1.02. The monoisotopic (exact) mass is 412 g/mol. The zero-order valence-electron chi connectivity index (χ0n) is 15.5. The zero-order chi connectivity index (χ0) is 20.3. The van der Waals surface area contributed by atoms with Crippen LogP contribution in [0.15, 0.2) is 76.2 Å². The summed E-state index contributed by atoms with van der Waals surface area (Å²) in [4.78, 5) is 12.7. The molecular weight excluding hydrogens is 392 g/mol. The molecule has 29 heavy (non-hydrogen) atoms. The van der Waals surface area contributed by atoms with Gasteiger partial charge in [-0.05, 0) is 42.5 Å². The van der Waals surface area contributed by atoms with Gasteiger partial charge in [-0.1, -0.05) is 18.2 Å². The summed E-state index contributed by atoms with van der Waals surface area (Å²) in [5.41, 5.74) is 1.33. The summed E-state index contributed by atoms with van der Waals surface area (Å²) in [6.45, 7) is 0.585. The van der Waals surface area contributed by atoms with E-state index < -0.39 is 10.0 Å². The average molecular weight is 412 g/mol. The molecule has 3 aromatic rings. The molecule has 1 aliphatic heterocycles. The maximum absolute atomic E-state index is 12.6. The first kappa shape index (κ1) is 19.2. The van der Waals surface area contributed by atoms with Gasteiger partial charge in [0.25, 0.3) is 5.91 Å². The molecule has 1 amide bonds. The second-order valence-corrected chi connectivity index (χ2v) is 8.40. The van der Waals surface area contributed by atoms with Gasteiger partial charge in [-0.3, -0.25) is 4.79 Å². The Morgan fingerprint density at radius 3 is 2.59 bits per heavy atom. The molecule has 150 valence electrons. The number of nitrogens with one attached hydrogen (secondary N) is 2. The topological polar surface area (TPSA) is 97.6 Å². The lowest BCUT2D eigenvalue weighted by molar-refractivity contribution is 0.0924. The third kappa shape index (κ3) is 4.33. The fraction of sp³-hybridized carbons (Fsp3) is 0.190.